The Morgan fingerprint density at radius 1 is 0.390 bits per heavy atom. The van der Waals surface area contributed by atoms with Gasteiger partial charge in [-0.05, 0) is 113 Å². The number of fused-ring (bicyclic) bond motifs is 6. The van der Waals surface area contributed by atoms with Gasteiger partial charge in [0.15, 0.2) is 0 Å². The van der Waals surface area contributed by atoms with Gasteiger partial charge < -0.3 is 13.9 Å². The van der Waals surface area contributed by atoms with Gasteiger partial charge in [0.2, 0.25) is 0 Å². The van der Waals surface area contributed by atoms with E-state index in [1.54, 1.807) is 0 Å². The molecule has 0 N–H and O–H groups in total. The van der Waals surface area contributed by atoms with Crippen LogP contribution < -0.4 is 4.90 Å². The zero-order valence-electron chi connectivity index (χ0n) is 32.9. The quantitative estimate of drug-likeness (QED) is 0.161. The third-order valence-electron chi connectivity index (χ3n) is 11.8. The van der Waals surface area contributed by atoms with E-state index in [4.69, 9.17) is 4.42 Å². The second kappa shape index (κ2) is 14.1. The van der Waals surface area contributed by atoms with Gasteiger partial charge in [-0.25, -0.2) is 0 Å². The first kappa shape index (κ1) is 34.6. The summed E-state index contributed by atoms with van der Waals surface area (Å²) in [6.45, 7) is 4.44. The summed E-state index contributed by atoms with van der Waals surface area (Å²) in [5.74, 6) is 0. The summed E-state index contributed by atoms with van der Waals surface area (Å²) in [6.07, 6.45) is 0. The molecule has 3 heteroatoms. The van der Waals surface area contributed by atoms with Crippen LogP contribution >= 0.6 is 0 Å². The van der Waals surface area contributed by atoms with E-state index in [0.29, 0.717) is 0 Å². The molecule has 0 aliphatic rings. The van der Waals surface area contributed by atoms with Crippen molar-refractivity contribution < 1.29 is 4.42 Å². The Labute approximate surface area is 343 Å². The minimum Gasteiger partial charge on any atom is -0.455 e. The zero-order valence-corrected chi connectivity index (χ0v) is 32.9. The Hall–Kier alpha value is -7.62. The second-order valence-corrected chi connectivity index (χ2v) is 15.4. The highest BCUT2D eigenvalue weighted by Crippen LogP contribution is 2.49. The fraction of sp³-hybridized carbons (Fsp3) is 0.0357. The first-order valence-corrected chi connectivity index (χ1v) is 20.3. The summed E-state index contributed by atoms with van der Waals surface area (Å²) in [4.78, 5) is 2.45. The predicted molar refractivity (Wildman–Crippen MR) is 249 cm³/mol. The third kappa shape index (κ3) is 5.74. The summed E-state index contributed by atoms with van der Waals surface area (Å²) >= 11 is 0. The number of nitrogens with zero attached hydrogens (tertiary/aromatic N) is 2. The number of hydrogen-bond acceptors (Lipinski definition) is 2. The van der Waals surface area contributed by atoms with E-state index in [-0.39, 0.29) is 0 Å². The number of rotatable bonds is 7. The number of aromatic nitrogens is 1. The van der Waals surface area contributed by atoms with Crippen LogP contribution in [-0.4, -0.2) is 4.57 Å². The van der Waals surface area contributed by atoms with Crippen molar-refractivity contribution in [3.8, 4) is 39.1 Å². The van der Waals surface area contributed by atoms with E-state index < -0.39 is 0 Å². The molecule has 0 bridgehead atoms. The Kier molecular flexibility index (Phi) is 8.27. The number of anilines is 3. The largest absolute Gasteiger partial charge is 0.455 e. The molecule has 3 nitrogen and oxygen atoms in total. The molecule has 0 saturated heterocycles. The molecule has 2 heterocycles. The first-order valence-electron chi connectivity index (χ1n) is 20.3. The minimum absolute atomic E-state index is 0.862. The Balaban J connectivity index is 1.16. The summed E-state index contributed by atoms with van der Waals surface area (Å²) in [5, 5.41) is 4.66. The van der Waals surface area contributed by atoms with Crippen LogP contribution in [0.3, 0.4) is 0 Å². The molecule has 0 fully saturated rings. The lowest BCUT2D eigenvalue weighted by Gasteiger charge is -2.30. The van der Waals surface area contributed by atoms with Crippen molar-refractivity contribution in [2.75, 3.05) is 4.90 Å². The van der Waals surface area contributed by atoms with Crippen LogP contribution in [0.2, 0.25) is 0 Å². The van der Waals surface area contributed by atoms with Crippen LogP contribution in [-0.2, 0) is 0 Å². The summed E-state index contributed by atoms with van der Waals surface area (Å²) in [6, 6.07) is 74.2. The maximum atomic E-state index is 6.97. The highest BCUT2D eigenvalue weighted by Gasteiger charge is 2.25. The van der Waals surface area contributed by atoms with Gasteiger partial charge in [0.25, 0.3) is 0 Å². The smallest absolute Gasteiger partial charge is 0.145 e. The molecule has 280 valence electrons. The standard InChI is InChI=1S/C56H40N2O/c1-37-18-9-13-28-49(37)58(53-36-48(40-21-7-4-8-22-40)47(34-38(53)2)39-19-5-3-6-20-39)52-33-32-43(56-55(52)46-27-12-16-31-54(46)59-56)41-23-17-24-42(35-41)57-50-29-14-10-25-44(50)45-26-11-15-30-51(45)57/h3-36H,1-2H3. The van der Waals surface area contributed by atoms with Gasteiger partial charge in [-0.15, -0.1) is 0 Å². The lowest BCUT2D eigenvalue weighted by atomic mass is 9.91. The van der Waals surface area contributed by atoms with Crippen molar-refractivity contribution in [1.29, 1.82) is 0 Å². The normalized spacial score (nSPS) is 11.6. The lowest BCUT2D eigenvalue weighted by molar-refractivity contribution is 0.670. The molecule has 9 aromatic carbocycles. The number of benzene rings is 9. The van der Waals surface area contributed by atoms with Gasteiger partial charge in [0.1, 0.15) is 11.2 Å². The van der Waals surface area contributed by atoms with Crippen molar-refractivity contribution >= 4 is 60.8 Å². The van der Waals surface area contributed by atoms with E-state index >= 15 is 0 Å². The van der Waals surface area contributed by atoms with Gasteiger partial charge in [0.05, 0.1) is 22.1 Å². The molecular formula is C56H40N2O. The number of furan rings is 1. The number of para-hydroxylation sites is 4. The average Bonchev–Trinajstić information content (AvgIpc) is 3.85. The lowest BCUT2D eigenvalue weighted by Crippen LogP contribution is -2.13. The molecule has 0 aliphatic heterocycles. The van der Waals surface area contributed by atoms with Crippen LogP contribution in [0.15, 0.2) is 211 Å². The SMILES string of the molecule is Cc1ccccc1N(c1cc(-c2ccccc2)c(-c2ccccc2)cc1C)c1ccc(-c2cccc(-n3c4ccccc4c4ccccc43)c2)c2oc3ccccc3c12. The molecule has 2 aromatic heterocycles. The molecule has 0 saturated carbocycles. The Morgan fingerprint density at radius 3 is 1.66 bits per heavy atom. The highest BCUT2D eigenvalue weighted by molar-refractivity contribution is 6.17. The van der Waals surface area contributed by atoms with Crippen molar-refractivity contribution in [3.05, 3.63) is 217 Å². The maximum Gasteiger partial charge on any atom is 0.145 e. The first-order chi connectivity index (χ1) is 29.1. The van der Waals surface area contributed by atoms with Crippen LogP contribution in [0.1, 0.15) is 11.1 Å². The van der Waals surface area contributed by atoms with Crippen molar-refractivity contribution in [2.45, 2.75) is 13.8 Å². The maximum absolute atomic E-state index is 6.97. The van der Waals surface area contributed by atoms with E-state index in [0.717, 1.165) is 55.8 Å². The number of aryl methyl sites for hydroxylation is 2. The van der Waals surface area contributed by atoms with Gasteiger partial charge in [-0.3, -0.25) is 0 Å². The Morgan fingerprint density at radius 2 is 0.966 bits per heavy atom. The third-order valence-corrected chi connectivity index (χ3v) is 11.8. The monoisotopic (exact) mass is 756 g/mol. The Bertz CT molecular complexity index is 3300. The second-order valence-electron chi connectivity index (χ2n) is 15.4. The molecule has 11 rings (SSSR count). The fourth-order valence-corrected chi connectivity index (χ4v) is 9.09. The zero-order chi connectivity index (χ0) is 39.5. The van der Waals surface area contributed by atoms with Gasteiger partial charge >= 0.3 is 0 Å². The van der Waals surface area contributed by atoms with E-state index in [1.807, 2.05) is 0 Å². The predicted octanol–water partition coefficient (Wildman–Crippen LogP) is 15.8. The van der Waals surface area contributed by atoms with E-state index in [1.165, 1.54) is 55.2 Å². The molecule has 59 heavy (non-hydrogen) atoms. The fourth-order valence-electron chi connectivity index (χ4n) is 9.09. The molecule has 0 atom stereocenters. The van der Waals surface area contributed by atoms with E-state index in [2.05, 4.69) is 230 Å². The topological polar surface area (TPSA) is 21.3 Å². The molecule has 0 spiro atoms. The molecule has 0 unspecified atom stereocenters. The van der Waals surface area contributed by atoms with Gasteiger partial charge in [-0.2, -0.15) is 0 Å². The molecule has 0 amide bonds. The van der Waals surface area contributed by atoms with Gasteiger partial charge in [0, 0.05) is 38.8 Å². The van der Waals surface area contributed by atoms with Crippen LogP contribution in [0.4, 0.5) is 17.1 Å². The molecule has 0 radical (unpaired) electrons. The minimum atomic E-state index is 0.862. The van der Waals surface area contributed by atoms with Crippen molar-refractivity contribution in [1.82, 2.24) is 4.57 Å². The molecule has 11 aromatic rings. The van der Waals surface area contributed by atoms with Crippen LogP contribution in [0.25, 0.3) is 82.8 Å². The van der Waals surface area contributed by atoms with E-state index in [9.17, 15) is 0 Å². The van der Waals surface area contributed by atoms with Crippen LogP contribution in [0, 0.1) is 13.8 Å². The van der Waals surface area contributed by atoms with Gasteiger partial charge in [-0.1, -0.05) is 146 Å². The van der Waals surface area contributed by atoms with Crippen molar-refractivity contribution in [3.63, 3.8) is 0 Å². The summed E-state index contributed by atoms with van der Waals surface area (Å²) in [5.41, 5.74) is 17.8. The highest BCUT2D eigenvalue weighted by atomic mass is 16.3. The molecule has 0 aliphatic carbocycles. The summed E-state index contributed by atoms with van der Waals surface area (Å²) < 4.78 is 9.35. The average molecular weight is 757 g/mol. The number of hydrogen-bond donors (Lipinski definition) is 0. The molecular weight excluding hydrogens is 717 g/mol. The van der Waals surface area contributed by atoms with Crippen LogP contribution in [0.5, 0.6) is 0 Å². The van der Waals surface area contributed by atoms with Crippen molar-refractivity contribution in [2.24, 2.45) is 0 Å². The summed E-state index contributed by atoms with van der Waals surface area (Å²) in [7, 11) is 0.